The average molecular weight is 302 g/mol. The molecule has 0 aliphatic heterocycles. The van der Waals surface area contributed by atoms with Crippen molar-refractivity contribution < 1.29 is 9.53 Å². The lowest BCUT2D eigenvalue weighted by molar-refractivity contribution is 0.102. The van der Waals surface area contributed by atoms with Gasteiger partial charge in [-0.15, -0.1) is 0 Å². The predicted molar refractivity (Wildman–Crippen MR) is 82.1 cm³/mol. The number of rotatable bonds is 3. The van der Waals surface area contributed by atoms with E-state index in [0.717, 1.165) is 10.9 Å². The maximum atomic E-state index is 12.3. The summed E-state index contributed by atoms with van der Waals surface area (Å²) in [5.41, 5.74) is 1.83. The molecule has 1 aromatic heterocycles. The van der Waals surface area contributed by atoms with Crippen LogP contribution >= 0.6 is 11.6 Å². The van der Waals surface area contributed by atoms with E-state index in [1.807, 2.05) is 6.07 Å². The summed E-state index contributed by atoms with van der Waals surface area (Å²) < 4.78 is 5.12. The van der Waals surface area contributed by atoms with Gasteiger partial charge in [0.2, 0.25) is 0 Å². The van der Waals surface area contributed by atoms with Crippen molar-refractivity contribution in [2.24, 2.45) is 0 Å². The number of carbonyl (C=O) groups is 1. The topological polar surface area (TPSA) is 67.0 Å². The van der Waals surface area contributed by atoms with Gasteiger partial charge in [0.15, 0.2) is 0 Å². The minimum absolute atomic E-state index is 0.248. The third-order valence-corrected chi connectivity index (χ3v) is 3.46. The van der Waals surface area contributed by atoms with E-state index in [2.05, 4.69) is 15.5 Å². The van der Waals surface area contributed by atoms with E-state index in [0.29, 0.717) is 22.0 Å². The molecule has 2 N–H and O–H groups in total. The first kappa shape index (κ1) is 13.5. The third-order valence-electron chi connectivity index (χ3n) is 3.13. The Morgan fingerprint density at radius 1 is 1.29 bits per heavy atom. The molecule has 0 saturated carbocycles. The Morgan fingerprint density at radius 2 is 2.14 bits per heavy atom. The highest BCUT2D eigenvalue weighted by Crippen LogP contribution is 2.27. The number of hydrogen-bond donors (Lipinski definition) is 2. The predicted octanol–water partition coefficient (Wildman–Crippen LogP) is 3.48. The number of benzene rings is 2. The Morgan fingerprint density at radius 3 is 2.95 bits per heavy atom. The van der Waals surface area contributed by atoms with Crippen LogP contribution in [0.2, 0.25) is 5.02 Å². The van der Waals surface area contributed by atoms with Crippen molar-refractivity contribution in [2.45, 2.75) is 0 Å². The zero-order chi connectivity index (χ0) is 14.8. The fourth-order valence-electron chi connectivity index (χ4n) is 2.00. The van der Waals surface area contributed by atoms with E-state index in [1.165, 1.54) is 0 Å². The normalized spacial score (nSPS) is 10.6. The first-order valence-electron chi connectivity index (χ1n) is 6.25. The van der Waals surface area contributed by atoms with Gasteiger partial charge >= 0.3 is 0 Å². The number of H-pyrrole nitrogens is 1. The molecule has 0 spiro atoms. The second-order valence-corrected chi connectivity index (χ2v) is 4.88. The van der Waals surface area contributed by atoms with E-state index in [9.17, 15) is 4.79 Å². The molecule has 0 bridgehead atoms. The van der Waals surface area contributed by atoms with Crippen molar-refractivity contribution >= 4 is 34.1 Å². The molecular formula is C15H12ClN3O2. The van der Waals surface area contributed by atoms with Gasteiger partial charge in [0.1, 0.15) is 5.75 Å². The smallest absolute Gasteiger partial charge is 0.255 e. The SMILES string of the molecule is COc1ccc(Cl)c(NC(=O)c2ccc3cn[nH]c3c2)c1. The van der Waals surface area contributed by atoms with Crippen LogP contribution in [0.5, 0.6) is 5.75 Å². The Bertz CT molecular complexity index is 814. The second-order valence-electron chi connectivity index (χ2n) is 4.47. The number of ether oxygens (including phenoxy) is 1. The van der Waals surface area contributed by atoms with Crippen LogP contribution in [0.1, 0.15) is 10.4 Å². The van der Waals surface area contributed by atoms with E-state index in [-0.39, 0.29) is 5.91 Å². The lowest BCUT2D eigenvalue weighted by atomic mass is 10.1. The van der Waals surface area contributed by atoms with Crippen molar-refractivity contribution in [1.29, 1.82) is 0 Å². The molecule has 3 aromatic rings. The van der Waals surface area contributed by atoms with Crippen LogP contribution in [0.4, 0.5) is 5.69 Å². The van der Waals surface area contributed by atoms with E-state index < -0.39 is 0 Å². The van der Waals surface area contributed by atoms with Crippen molar-refractivity contribution in [1.82, 2.24) is 10.2 Å². The molecule has 106 valence electrons. The molecule has 0 radical (unpaired) electrons. The molecule has 0 aliphatic rings. The van der Waals surface area contributed by atoms with Crippen LogP contribution in [0.15, 0.2) is 42.6 Å². The van der Waals surface area contributed by atoms with Crippen LogP contribution < -0.4 is 10.1 Å². The van der Waals surface area contributed by atoms with Crippen molar-refractivity contribution in [3.8, 4) is 5.75 Å². The Labute approximate surface area is 125 Å². The number of halogens is 1. The number of anilines is 1. The zero-order valence-electron chi connectivity index (χ0n) is 11.2. The molecule has 0 unspecified atom stereocenters. The van der Waals surface area contributed by atoms with Gasteiger partial charge in [-0.25, -0.2) is 0 Å². The summed E-state index contributed by atoms with van der Waals surface area (Å²) >= 11 is 6.08. The molecule has 3 rings (SSSR count). The summed E-state index contributed by atoms with van der Waals surface area (Å²) in [7, 11) is 1.56. The molecule has 1 amide bonds. The van der Waals surface area contributed by atoms with Crippen molar-refractivity contribution in [2.75, 3.05) is 12.4 Å². The molecule has 2 aromatic carbocycles. The minimum atomic E-state index is -0.248. The minimum Gasteiger partial charge on any atom is -0.497 e. The lowest BCUT2D eigenvalue weighted by Gasteiger charge is -2.09. The summed E-state index contributed by atoms with van der Waals surface area (Å²) in [4.78, 5) is 12.3. The number of amides is 1. The first-order valence-corrected chi connectivity index (χ1v) is 6.63. The van der Waals surface area contributed by atoms with Gasteiger partial charge in [-0.1, -0.05) is 17.7 Å². The summed E-state index contributed by atoms with van der Waals surface area (Å²) in [6.07, 6.45) is 1.70. The highest BCUT2D eigenvalue weighted by molar-refractivity contribution is 6.34. The molecule has 0 saturated heterocycles. The fraction of sp³-hybridized carbons (Fsp3) is 0.0667. The molecular weight excluding hydrogens is 290 g/mol. The van der Waals surface area contributed by atoms with Crippen molar-refractivity contribution in [3.05, 3.63) is 53.2 Å². The van der Waals surface area contributed by atoms with Crippen LogP contribution in [-0.4, -0.2) is 23.2 Å². The molecule has 21 heavy (non-hydrogen) atoms. The standard InChI is InChI=1S/C15H12ClN3O2/c1-21-11-4-5-12(16)14(7-11)18-15(20)9-2-3-10-8-17-19-13(10)6-9/h2-8H,1H3,(H,17,19)(H,18,20). The molecule has 1 heterocycles. The Hall–Kier alpha value is -2.53. The summed E-state index contributed by atoms with van der Waals surface area (Å²) in [6.45, 7) is 0. The number of nitrogens with zero attached hydrogens (tertiary/aromatic N) is 1. The van der Waals surface area contributed by atoms with Gasteiger partial charge in [-0.3, -0.25) is 9.89 Å². The highest BCUT2D eigenvalue weighted by Gasteiger charge is 2.10. The van der Waals surface area contributed by atoms with Gasteiger partial charge in [0.25, 0.3) is 5.91 Å². The lowest BCUT2D eigenvalue weighted by Crippen LogP contribution is -2.12. The molecule has 6 heteroatoms. The Balaban J connectivity index is 1.88. The van der Waals surface area contributed by atoms with Crippen molar-refractivity contribution in [3.63, 3.8) is 0 Å². The van der Waals surface area contributed by atoms with Gasteiger partial charge in [0, 0.05) is 17.0 Å². The number of hydrogen-bond acceptors (Lipinski definition) is 3. The number of aromatic nitrogens is 2. The molecule has 0 fully saturated rings. The van der Waals surface area contributed by atoms with Crippen LogP contribution in [0, 0.1) is 0 Å². The van der Waals surface area contributed by atoms with Crippen LogP contribution in [0.25, 0.3) is 10.9 Å². The number of aromatic amines is 1. The number of methoxy groups -OCH3 is 1. The zero-order valence-corrected chi connectivity index (χ0v) is 11.9. The number of carbonyl (C=O) groups excluding carboxylic acids is 1. The third kappa shape index (κ3) is 2.68. The van der Waals surface area contributed by atoms with Gasteiger partial charge in [0.05, 0.1) is 29.5 Å². The van der Waals surface area contributed by atoms with Gasteiger partial charge in [-0.2, -0.15) is 5.10 Å². The van der Waals surface area contributed by atoms with Crippen LogP contribution in [-0.2, 0) is 0 Å². The van der Waals surface area contributed by atoms with Gasteiger partial charge in [-0.05, 0) is 24.3 Å². The molecule has 0 atom stereocenters. The maximum absolute atomic E-state index is 12.3. The number of nitrogens with one attached hydrogen (secondary N) is 2. The highest BCUT2D eigenvalue weighted by atomic mass is 35.5. The largest absolute Gasteiger partial charge is 0.497 e. The first-order chi connectivity index (χ1) is 10.2. The van der Waals surface area contributed by atoms with E-state index in [4.69, 9.17) is 16.3 Å². The fourth-order valence-corrected chi connectivity index (χ4v) is 2.16. The van der Waals surface area contributed by atoms with Gasteiger partial charge < -0.3 is 10.1 Å². The second kappa shape index (κ2) is 5.46. The molecule has 0 aliphatic carbocycles. The Kier molecular flexibility index (Phi) is 3.50. The van der Waals surface area contributed by atoms with E-state index in [1.54, 1.807) is 43.6 Å². The maximum Gasteiger partial charge on any atom is 0.255 e. The monoisotopic (exact) mass is 301 g/mol. The summed E-state index contributed by atoms with van der Waals surface area (Å²) in [6, 6.07) is 10.4. The quantitative estimate of drug-likeness (QED) is 0.778. The summed E-state index contributed by atoms with van der Waals surface area (Å²) in [5, 5.41) is 10.9. The van der Waals surface area contributed by atoms with E-state index >= 15 is 0 Å². The number of fused-ring (bicyclic) bond motifs is 1. The summed E-state index contributed by atoms with van der Waals surface area (Å²) in [5.74, 6) is 0.375. The average Bonchev–Trinajstić information content (AvgIpc) is 2.96. The molecule has 5 nitrogen and oxygen atoms in total. The van der Waals surface area contributed by atoms with Crippen LogP contribution in [0.3, 0.4) is 0 Å².